The summed E-state index contributed by atoms with van der Waals surface area (Å²) >= 11 is 0. The molecule has 1 aromatic carbocycles. The van der Waals surface area contributed by atoms with Crippen LogP contribution in [-0.2, 0) is 15.0 Å². The van der Waals surface area contributed by atoms with Gasteiger partial charge in [0.25, 0.3) is 0 Å². The van der Waals surface area contributed by atoms with E-state index in [1.165, 1.54) is 0 Å². The van der Waals surface area contributed by atoms with Crippen molar-refractivity contribution < 1.29 is 19.8 Å². The van der Waals surface area contributed by atoms with Crippen LogP contribution in [0.2, 0.25) is 0 Å². The van der Waals surface area contributed by atoms with Gasteiger partial charge in [0.1, 0.15) is 0 Å². The number of carbonyl (C=O) groups is 2. The van der Waals surface area contributed by atoms with Gasteiger partial charge in [-0.15, -0.1) is 0 Å². The van der Waals surface area contributed by atoms with Crippen molar-refractivity contribution in [1.82, 2.24) is 0 Å². The number of hydrogen-bond donors (Lipinski definition) is 2. The Morgan fingerprint density at radius 1 is 1.16 bits per heavy atom. The van der Waals surface area contributed by atoms with Gasteiger partial charge < -0.3 is 10.2 Å². The summed E-state index contributed by atoms with van der Waals surface area (Å²) in [7, 11) is 0. The molecule has 0 aromatic heterocycles. The summed E-state index contributed by atoms with van der Waals surface area (Å²) in [6.45, 7) is 5.63. The Morgan fingerprint density at radius 3 is 2.11 bits per heavy atom. The lowest BCUT2D eigenvalue weighted by Crippen LogP contribution is -2.19. The van der Waals surface area contributed by atoms with Gasteiger partial charge in [-0.05, 0) is 29.9 Å². The Labute approximate surface area is 113 Å². The molecule has 0 saturated carbocycles. The second-order valence-electron chi connectivity index (χ2n) is 5.46. The molecule has 0 spiro atoms. The Balaban J connectivity index is 2.85. The van der Waals surface area contributed by atoms with Crippen LogP contribution >= 0.6 is 0 Å². The molecule has 1 atom stereocenters. The van der Waals surface area contributed by atoms with Gasteiger partial charge in [0, 0.05) is 6.42 Å². The Morgan fingerprint density at radius 2 is 1.68 bits per heavy atom. The van der Waals surface area contributed by atoms with Crippen LogP contribution in [0.15, 0.2) is 24.3 Å². The van der Waals surface area contributed by atoms with Crippen LogP contribution in [0.25, 0.3) is 0 Å². The minimum atomic E-state index is -0.849. The second-order valence-corrected chi connectivity index (χ2v) is 5.46. The van der Waals surface area contributed by atoms with E-state index in [1.54, 1.807) is 19.1 Å². The summed E-state index contributed by atoms with van der Waals surface area (Å²) in [6.07, 6.45) is 0.677. The van der Waals surface area contributed by atoms with E-state index in [0.29, 0.717) is 6.42 Å². The van der Waals surface area contributed by atoms with Crippen LogP contribution in [0.3, 0.4) is 0 Å². The molecule has 2 N–H and O–H groups in total. The number of carboxylic acid groups (broad SMARTS) is 2. The van der Waals surface area contributed by atoms with Crippen molar-refractivity contribution in [3.8, 4) is 0 Å². The molecule has 104 valence electrons. The van der Waals surface area contributed by atoms with E-state index in [4.69, 9.17) is 10.2 Å². The van der Waals surface area contributed by atoms with Crippen LogP contribution in [0.1, 0.15) is 50.7 Å². The fourth-order valence-electron chi connectivity index (χ4n) is 1.93. The zero-order chi connectivity index (χ0) is 14.6. The monoisotopic (exact) mass is 264 g/mol. The zero-order valence-corrected chi connectivity index (χ0v) is 11.5. The topological polar surface area (TPSA) is 74.6 Å². The highest BCUT2D eigenvalue weighted by atomic mass is 16.4. The van der Waals surface area contributed by atoms with Gasteiger partial charge in [-0.25, -0.2) is 0 Å². The number of hydrogen-bond acceptors (Lipinski definition) is 2. The third-order valence-electron chi connectivity index (χ3n) is 3.53. The average molecular weight is 264 g/mol. The van der Waals surface area contributed by atoms with Crippen molar-refractivity contribution >= 4 is 11.9 Å². The van der Waals surface area contributed by atoms with Gasteiger partial charge in [0.2, 0.25) is 0 Å². The molecule has 4 nitrogen and oxygen atoms in total. The maximum Gasteiger partial charge on any atom is 0.310 e. The predicted octanol–water partition coefficient (Wildman–Crippen LogP) is 3.02. The van der Waals surface area contributed by atoms with Crippen LogP contribution in [-0.4, -0.2) is 22.2 Å². The van der Waals surface area contributed by atoms with Crippen molar-refractivity contribution in [2.24, 2.45) is 0 Å². The summed E-state index contributed by atoms with van der Waals surface area (Å²) in [5, 5.41) is 17.7. The van der Waals surface area contributed by atoms with Crippen molar-refractivity contribution in [1.29, 1.82) is 0 Å². The molecule has 0 fully saturated rings. The van der Waals surface area contributed by atoms with Gasteiger partial charge in [-0.2, -0.15) is 0 Å². The first-order valence-corrected chi connectivity index (χ1v) is 6.29. The van der Waals surface area contributed by atoms with Gasteiger partial charge in [0.15, 0.2) is 0 Å². The van der Waals surface area contributed by atoms with E-state index in [1.807, 2.05) is 26.0 Å². The van der Waals surface area contributed by atoms with E-state index in [-0.39, 0.29) is 11.8 Å². The van der Waals surface area contributed by atoms with E-state index >= 15 is 0 Å². The smallest absolute Gasteiger partial charge is 0.310 e. The lowest BCUT2D eigenvalue weighted by Gasteiger charge is -2.25. The Bertz CT molecular complexity index is 460. The lowest BCUT2D eigenvalue weighted by molar-refractivity contribution is -0.139. The molecule has 19 heavy (non-hydrogen) atoms. The first-order valence-electron chi connectivity index (χ1n) is 6.29. The fourth-order valence-corrected chi connectivity index (χ4v) is 1.93. The summed E-state index contributed by atoms with van der Waals surface area (Å²) in [4.78, 5) is 21.5. The normalized spacial score (nSPS) is 13.0. The third-order valence-corrected chi connectivity index (χ3v) is 3.53. The van der Waals surface area contributed by atoms with E-state index in [2.05, 4.69) is 0 Å². The summed E-state index contributed by atoms with van der Waals surface area (Å²) < 4.78 is 0. The highest BCUT2D eigenvalue weighted by Gasteiger charge is 2.22. The second kappa shape index (κ2) is 5.87. The van der Waals surface area contributed by atoms with Gasteiger partial charge in [-0.1, -0.05) is 38.1 Å². The molecule has 0 saturated heterocycles. The average Bonchev–Trinajstić information content (AvgIpc) is 2.35. The predicted molar refractivity (Wildman–Crippen MR) is 72.4 cm³/mol. The molecule has 1 unspecified atom stereocenters. The molecular formula is C15H20O4. The number of carboxylic acids is 2. The van der Waals surface area contributed by atoms with E-state index < -0.39 is 17.9 Å². The van der Waals surface area contributed by atoms with E-state index in [9.17, 15) is 9.59 Å². The minimum Gasteiger partial charge on any atom is -0.481 e. The molecule has 0 aliphatic carbocycles. The Hall–Kier alpha value is -1.84. The molecule has 0 radical (unpaired) electrons. The molecule has 0 aliphatic heterocycles. The number of aliphatic carboxylic acids is 2. The van der Waals surface area contributed by atoms with E-state index in [0.717, 1.165) is 11.1 Å². The molecule has 0 aliphatic rings. The Kier molecular flexibility index (Phi) is 4.70. The van der Waals surface area contributed by atoms with Gasteiger partial charge in [-0.3, -0.25) is 9.59 Å². The van der Waals surface area contributed by atoms with Crippen LogP contribution in [0, 0.1) is 0 Å². The molecule has 0 amide bonds. The first-order chi connectivity index (χ1) is 8.74. The van der Waals surface area contributed by atoms with Crippen LogP contribution in [0.4, 0.5) is 0 Å². The maximum atomic E-state index is 10.9. The summed E-state index contributed by atoms with van der Waals surface area (Å²) in [5.41, 5.74) is 1.55. The first kappa shape index (κ1) is 15.2. The quantitative estimate of drug-likeness (QED) is 0.828. The molecule has 4 heteroatoms. The van der Waals surface area contributed by atoms with Crippen molar-refractivity contribution in [3.63, 3.8) is 0 Å². The minimum absolute atomic E-state index is 0.125. The lowest BCUT2D eigenvalue weighted by atomic mass is 9.80. The largest absolute Gasteiger partial charge is 0.481 e. The standard InChI is InChI=1S/C15H20O4/c1-10(14(18)19)11-4-6-12(7-5-11)15(2,3)9-8-13(16)17/h4-7,10H,8-9H2,1-3H3,(H,16,17)(H,18,19). The highest BCUT2D eigenvalue weighted by Crippen LogP contribution is 2.29. The van der Waals surface area contributed by atoms with Crippen molar-refractivity contribution in [2.45, 2.75) is 44.9 Å². The molecule has 0 heterocycles. The van der Waals surface area contributed by atoms with Crippen LogP contribution in [0.5, 0.6) is 0 Å². The molecule has 0 bridgehead atoms. The number of benzene rings is 1. The van der Waals surface area contributed by atoms with Crippen LogP contribution < -0.4 is 0 Å². The molecular weight excluding hydrogens is 244 g/mol. The fraction of sp³-hybridized carbons (Fsp3) is 0.467. The third kappa shape index (κ3) is 4.09. The van der Waals surface area contributed by atoms with Crippen molar-refractivity contribution in [3.05, 3.63) is 35.4 Å². The zero-order valence-electron chi connectivity index (χ0n) is 11.5. The van der Waals surface area contributed by atoms with Crippen molar-refractivity contribution in [2.75, 3.05) is 0 Å². The number of rotatable bonds is 6. The van der Waals surface area contributed by atoms with Gasteiger partial charge in [0.05, 0.1) is 5.92 Å². The maximum absolute atomic E-state index is 10.9. The highest BCUT2D eigenvalue weighted by molar-refractivity contribution is 5.75. The van der Waals surface area contributed by atoms with Gasteiger partial charge >= 0.3 is 11.9 Å². The summed E-state index contributed by atoms with van der Waals surface area (Å²) in [6, 6.07) is 7.38. The molecule has 1 aromatic rings. The summed E-state index contributed by atoms with van der Waals surface area (Å²) in [5.74, 6) is -2.18. The SMILES string of the molecule is CC(C(=O)O)c1ccc(C(C)(C)CCC(=O)O)cc1. The molecule has 1 rings (SSSR count).